The van der Waals surface area contributed by atoms with Gasteiger partial charge in [0, 0.05) is 18.6 Å². The molecule has 3 heterocycles. The van der Waals surface area contributed by atoms with Gasteiger partial charge in [0.25, 0.3) is 0 Å². The summed E-state index contributed by atoms with van der Waals surface area (Å²) in [5.41, 5.74) is 3.34. The van der Waals surface area contributed by atoms with E-state index in [1.165, 1.54) is 0 Å². The van der Waals surface area contributed by atoms with E-state index in [1.807, 2.05) is 41.3 Å². The van der Waals surface area contributed by atoms with Crippen LogP contribution in [0.1, 0.15) is 30.4 Å². The van der Waals surface area contributed by atoms with E-state index in [-0.39, 0.29) is 24.5 Å². The van der Waals surface area contributed by atoms with Crippen molar-refractivity contribution >= 4 is 22.9 Å². The highest BCUT2D eigenvalue weighted by Gasteiger charge is 2.59. The van der Waals surface area contributed by atoms with E-state index in [4.69, 9.17) is 0 Å². The fourth-order valence-electron chi connectivity index (χ4n) is 5.63. The second-order valence-corrected chi connectivity index (χ2v) is 8.77. The average molecular weight is 418 g/mol. The third-order valence-electron chi connectivity index (χ3n) is 6.95. The van der Waals surface area contributed by atoms with Crippen LogP contribution in [-0.4, -0.2) is 50.5 Å². The third-order valence-corrected chi connectivity index (χ3v) is 6.95. The molecule has 2 saturated heterocycles. The average Bonchev–Trinajstić information content (AvgIpc) is 3.46. The molecule has 2 bridgehead atoms. The maximum absolute atomic E-state index is 13.7. The maximum atomic E-state index is 13.7. The highest BCUT2D eigenvalue weighted by molar-refractivity contribution is 5.85. The van der Waals surface area contributed by atoms with Crippen molar-refractivity contribution in [3.8, 4) is 0 Å². The van der Waals surface area contributed by atoms with Crippen molar-refractivity contribution in [1.82, 2.24) is 20.2 Å². The SMILES string of the molecule is O=C(O)CN1[C@@H]2CC[C@H]1[C@@](Cc1ccccc1)(C(=O)NCc1ccc3nc[nH]c3c1)C2. The minimum Gasteiger partial charge on any atom is -0.480 e. The van der Waals surface area contributed by atoms with E-state index in [9.17, 15) is 14.7 Å². The van der Waals surface area contributed by atoms with Crippen LogP contribution in [0, 0.1) is 5.41 Å². The van der Waals surface area contributed by atoms with Crippen molar-refractivity contribution in [2.45, 2.75) is 44.3 Å². The Balaban J connectivity index is 1.40. The van der Waals surface area contributed by atoms with Crippen molar-refractivity contribution in [1.29, 1.82) is 0 Å². The second kappa shape index (κ2) is 7.81. The number of fused-ring (bicyclic) bond motifs is 3. The van der Waals surface area contributed by atoms with Gasteiger partial charge in [-0.3, -0.25) is 14.5 Å². The summed E-state index contributed by atoms with van der Waals surface area (Å²) in [6.45, 7) is 0.427. The van der Waals surface area contributed by atoms with Gasteiger partial charge >= 0.3 is 5.97 Å². The minimum atomic E-state index is -0.833. The number of amides is 1. The van der Waals surface area contributed by atoms with E-state index in [0.29, 0.717) is 19.4 Å². The standard InChI is InChI=1S/C24H26N4O3/c29-22(30)14-28-18-7-9-21(28)24(12-18,11-16-4-2-1-3-5-16)23(31)25-13-17-6-8-19-20(10-17)27-15-26-19/h1-6,8,10,15,18,21H,7,9,11-14H2,(H,25,31)(H,26,27)(H,29,30)/t18-,21+,24+/m1/s1. The Hall–Kier alpha value is -3.19. The molecule has 1 amide bonds. The summed E-state index contributed by atoms with van der Waals surface area (Å²) in [7, 11) is 0. The Morgan fingerprint density at radius 2 is 2.00 bits per heavy atom. The molecule has 2 aliphatic heterocycles. The Kier molecular flexibility index (Phi) is 4.98. The molecule has 7 nitrogen and oxygen atoms in total. The van der Waals surface area contributed by atoms with Crippen molar-refractivity contribution < 1.29 is 14.7 Å². The lowest BCUT2D eigenvalue weighted by molar-refractivity contribution is -0.140. The predicted octanol–water partition coefficient (Wildman–Crippen LogP) is 2.73. The number of carboxylic acids is 1. The first-order valence-corrected chi connectivity index (χ1v) is 10.8. The molecule has 160 valence electrons. The van der Waals surface area contributed by atoms with Crippen LogP contribution >= 0.6 is 0 Å². The summed E-state index contributed by atoms with van der Waals surface area (Å²) in [6.07, 6.45) is 4.80. The van der Waals surface area contributed by atoms with Gasteiger partial charge in [0.05, 0.1) is 29.3 Å². The molecule has 0 saturated carbocycles. The number of carbonyl (C=O) groups is 2. The number of nitrogens with zero attached hydrogens (tertiary/aromatic N) is 2. The summed E-state index contributed by atoms with van der Waals surface area (Å²) in [6, 6.07) is 16.1. The lowest BCUT2D eigenvalue weighted by Crippen LogP contribution is -2.50. The quantitative estimate of drug-likeness (QED) is 0.548. The molecular weight excluding hydrogens is 392 g/mol. The molecule has 2 fully saturated rings. The number of imidazole rings is 1. The number of nitrogens with one attached hydrogen (secondary N) is 2. The molecule has 5 rings (SSSR count). The Morgan fingerprint density at radius 3 is 2.81 bits per heavy atom. The fourth-order valence-corrected chi connectivity index (χ4v) is 5.63. The lowest BCUT2D eigenvalue weighted by atomic mass is 9.69. The first-order chi connectivity index (χ1) is 15.0. The zero-order chi connectivity index (χ0) is 21.4. The van der Waals surface area contributed by atoms with Crippen LogP contribution in [0.5, 0.6) is 0 Å². The molecule has 0 aliphatic carbocycles. The van der Waals surface area contributed by atoms with E-state index < -0.39 is 11.4 Å². The molecule has 3 atom stereocenters. The number of hydrogen-bond donors (Lipinski definition) is 3. The lowest BCUT2D eigenvalue weighted by Gasteiger charge is -2.36. The normalized spacial score (nSPS) is 25.2. The molecule has 0 radical (unpaired) electrons. The van der Waals surface area contributed by atoms with Crippen LogP contribution in [0.15, 0.2) is 54.9 Å². The van der Waals surface area contributed by atoms with E-state index in [1.54, 1.807) is 6.33 Å². The highest BCUT2D eigenvalue weighted by atomic mass is 16.4. The van der Waals surface area contributed by atoms with Crippen molar-refractivity contribution in [3.63, 3.8) is 0 Å². The molecule has 2 aromatic carbocycles. The van der Waals surface area contributed by atoms with E-state index >= 15 is 0 Å². The predicted molar refractivity (Wildman–Crippen MR) is 116 cm³/mol. The summed E-state index contributed by atoms with van der Waals surface area (Å²) < 4.78 is 0. The van der Waals surface area contributed by atoms with Crippen molar-refractivity contribution in [2.75, 3.05) is 6.54 Å². The molecule has 1 aromatic heterocycles. The number of carboxylic acid groups (broad SMARTS) is 1. The van der Waals surface area contributed by atoms with Crippen LogP contribution < -0.4 is 5.32 Å². The van der Waals surface area contributed by atoms with Crippen molar-refractivity contribution in [3.05, 3.63) is 66.0 Å². The molecule has 3 N–H and O–H groups in total. The zero-order valence-electron chi connectivity index (χ0n) is 17.3. The van der Waals surface area contributed by atoms with Gasteiger partial charge in [0.2, 0.25) is 5.91 Å². The highest BCUT2D eigenvalue weighted by Crippen LogP contribution is 2.51. The monoisotopic (exact) mass is 418 g/mol. The van der Waals surface area contributed by atoms with Gasteiger partial charge in [-0.25, -0.2) is 4.98 Å². The molecule has 3 aromatic rings. The summed E-state index contributed by atoms with van der Waals surface area (Å²) in [5, 5.41) is 12.6. The molecule has 7 heteroatoms. The van der Waals surface area contributed by atoms with E-state index in [2.05, 4.69) is 27.4 Å². The molecule has 31 heavy (non-hydrogen) atoms. The summed E-state index contributed by atoms with van der Waals surface area (Å²) in [4.78, 5) is 34.5. The smallest absolute Gasteiger partial charge is 0.317 e. The number of aromatic amines is 1. The van der Waals surface area contributed by atoms with E-state index in [0.717, 1.165) is 35.0 Å². The molecular formula is C24H26N4O3. The Labute approximate surface area is 180 Å². The number of H-pyrrole nitrogens is 1. The largest absolute Gasteiger partial charge is 0.480 e. The topological polar surface area (TPSA) is 98.3 Å². The van der Waals surface area contributed by atoms with Crippen LogP contribution in [0.2, 0.25) is 0 Å². The zero-order valence-corrected chi connectivity index (χ0v) is 17.3. The summed E-state index contributed by atoms with van der Waals surface area (Å²) in [5.74, 6) is -0.815. The minimum absolute atomic E-state index is 0.00432. The maximum Gasteiger partial charge on any atom is 0.317 e. The van der Waals surface area contributed by atoms with Gasteiger partial charge in [0.1, 0.15) is 0 Å². The van der Waals surface area contributed by atoms with Gasteiger partial charge in [-0.1, -0.05) is 36.4 Å². The Bertz CT molecular complexity index is 1110. The van der Waals surface area contributed by atoms with Crippen LogP contribution in [0.4, 0.5) is 0 Å². The number of aliphatic carboxylic acids is 1. The first kappa shape index (κ1) is 19.8. The van der Waals surface area contributed by atoms with Gasteiger partial charge in [-0.05, 0) is 48.9 Å². The second-order valence-electron chi connectivity index (χ2n) is 8.77. The molecule has 0 unspecified atom stereocenters. The van der Waals surface area contributed by atoms with Gasteiger partial charge in [-0.2, -0.15) is 0 Å². The molecule has 0 spiro atoms. The van der Waals surface area contributed by atoms with Crippen LogP contribution in [0.25, 0.3) is 11.0 Å². The fraction of sp³-hybridized carbons (Fsp3) is 0.375. The van der Waals surface area contributed by atoms with Crippen molar-refractivity contribution in [2.24, 2.45) is 5.41 Å². The molecule has 2 aliphatic rings. The number of rotatable bonds is 7. The van der Waals surface area contributed by atoms with Crippen LogP contribution in [-0.2, 0) is 22.6 Å². The van der Waals surface area contributed by atoms with Crippen LogP contribution in [0.3, 0.4) is 0 Å². The van der Waals surface area contributed by atoms with Gasteiger partial charge in [0.15, 0.2) is 0 Å². The van der Waals surface area contributed by atoms with Gasteiger partial charge < -0.3 is 15.4 Å². The summed E-state index contributed by atoms with van der Waals surface area (Å²) >= 11 is 0. The Morgan fingerprint density at radius 1 is 1.16 bits per heavy atom. The third kappa shape index (κ3) is 3.59. The number of benzene rings is 2. The number of hydrogen-bond acceptors (Lipinski definition) is 4. The van der Waals surface area contributed by atoms with Gasteiger partial charge in [-0.15, -0.1) is 0 Å². The first-order valence-electron chi connectivity index (χ1n) is 10.8. The number of carbonyl (C=O) groups excluding carboxylic acids is 1. The number of aromatic nitrogens is 2.